The summed E-state index contributed by atoms with van der Waals surface area (Å²) in [4.78, 5) is 0. The summed E-state index contributed by atoms with van der Waals surface area (Å²) >= 11 is 0. The summed E-state index contributed by atoms with van der Waals surface area (Å²) in [6.07, 6.45) is 0. The summed E-state index contributed by atoms with van der Waals surface area (Å²) in [7, 11) is 0. The van der Waals surface area contributed by atoms with Crippen LogP contribution in [0.2, 0.25) is 0 Å². The van der Waals surface area contributed by atoms with E-state index in [2.05, 4.69) is 61.5 Å². The van der Waals surface area contributed by atoms with Gasteiger partial charge in [-0.15, -0.1) is 0 Å². The van der Waals surface area contributed by atoms with Crippen LogP contribution in [0.4, 0.5) is 0 Å². The predicted molar refractivity (Wildman–Crippen MR) is 104 cm³/mol. The highest BCUT2D eigenvalue weighted by Gasteiger charge is 2.04. The van der Waals surface area contributed by atoms with Crippen molar-refractivity contribution in [2.75, 3.05) is 13.2 Å². The van der Waals surface area contributed by atoms with Crippen LogP contribution in [-0.2, 0) is 0 Å². The molecule has 2 nitrogen and oxygen atoms in total. The molecule has 0 heterocycles. The normalized spacial score (nSPS) is 10.5. The van der Waals surface area contributed by atoms with Crippen LogP contribution >= 0.6 is 0 Å². The maximum Gasteiger partial charge on any atom is 0.122 e. The molecule has 25 heavy (non-hydrogen) atoms. The molecule has 2 heteroatoms. The van der Waals surface area contributed by atoms with Gasteiger partial charge >= 0.3 is 0 Å². The zero-order valence-corrected chi connectivity index (χ0v) is 15.1. The number of aryl methyl sites for hydroxylation is 1. The second-order valence-corrected chi connectivity index (χ2v) is 5.95. The zero-order chi connectivity index (χ0) is 17.6. The molecule has 0 spiro atoms. The molecular weight excluding hydrogens is 308 g/mol. The minimum atomic E-state index is 0.690. The van der Waals surface area contributed by atoms with Crippen LogP contribution in [0.25, 0.3) is 22.3 Å². The molecule has 0 atom stereocenters. The Labute approximate surface area is 150 Å². The third-order valence-corrected chi connectivity index (χ3v) is 4.19. The molecule has 0 N–H and O–H groups in total. The van der Waals surface area contributed by atoms with Crippen molar-refractivity contribution in [2.24, 2.45) is 0 Å². The SMILES string of the molecule is CCOc1ccc(-c2ccc(-c3ccc(OCC)c(C)c3)cc2)cc1. The van der Waals surface area contributed by atoms with Crippen molar-refractivity contribution >= 4 is 0 Å². The van der Waals surface area contributed by atoms with Crippen molar-refractivity contribution in [3.63, 3.8) is 0 Å². The van der Waals surface area contributed by atoms with Crippen LogP contribution in [-0.4, -0.2) is 13.2 Å². The first-order chi connectivity index (χ1) is 12.2. The molecule has 0 bridgehead atoms. The van der Waals surface area contributed by atoms with Crippen LogP contribution < -0.4 is 9.47 Å². The summed E-state index contributed by atoms with van der Waals surface area (Å²) in [5, 5.41) is 0. The topological polar surface area (TPSA) is 18.5 Å². The lowest BCUT2D eigenvalue weighted by atomic mass is 9.99. The molecular formula is C23H24O2. The van der Waals surface area contributed by atoms with Crippen LogP contribution in [0, 0.1) is 6.92 Å². The van der Waals surface area contributed by atoms with E-state index in [9.17, 15) is 0 Å². The van der Waals surface area contributed by atoms with Gasteiger partial charge in [-0.1, -0.05) is 42.5 Å². The van der Waals surface area contributed by atoms with Gasteiger partial charge in [-0.3, -0.25) is 0 Å². The third-order valence-electron chi connectivity index (χ3n) is 4.19. The van der Waals surface area contributed by atoms with Gasteiger partial charge in [0.25, 0.3) is 0 Å². The highest BCUT2D eigenvalue weighted by atomic mass is 16.5. The Morgan fingerprint density at radius 1 is 0.600 bits per heavy atom. The maximum absolute atomic E-state index is 5.62. The molecule has 0 aliphatic heterocycles. The predicted octanol–water partition coefficient (Wildman–Crippen LogP) is 6.13. The number of ether oxygens (including phenoxy) is 2. The summed E-state index contributed by atoms with van der Waals surface area (Å²) in [5.41, 5.74) is 5.97. The van der Waals surface area contributed by atoms with E-state index in [4.69, 9.17) is 9.47 Å². The Hall–Kier alpha value is -2.74. The largest absolute Gasteiger partial charge is 0.494 e. The highest BCUT2D eigenvalue weighted by molar-refractivity contribution is 5.71. The second kappa shape index (κ2) is 7.89. The Balaban J connectivity index is 1.81. The first kappa shape index (κ1) is 17.1. The maximum atomic E-state index is 5.62. The summed E-state index contributed by atoms with van der Waals surface area (Å²) < 4.78 is 11.1. The van der Waals surface area contributed by atoms with Crippen LogP contribution in [0.1, 0.15) is 19.4 Å². The van der Waals surface area contributed by atoms with Gasteiger partial charge in [0, 0.05) is 0 Å². The lowest BCUT2D eigenvalue weighted by Crippen LogP contribution is -1.94. The fourth-order valence-electron chi connectivity index (χ4n) is 2.91. The van der Waals surface area contributed by atoms with E-state index in [1.807, 2.05) is 26.0 Å². The van der Waals surface area contributed by atoms with E-state index in [-0.39, 0.29) is 0 Å². The molecule has 0 unspecified atom stereocenters. The summed E-state index contributed by atoms with van der Waals surface area (Å²) in [5.74, 6) is 1.87. The van der Waals surface area contributed by atoms with E-state index in [1.165, 1.54) is 22.3 Å². The minimum absolute atomic E-state index is 0.690. The molecule has 0 amide bonds. The van der Waals surface area contributed by atoms with E-state index in [0.717, 1.165) is 17.1 Å². The quantitative estimate of drug-likeness (QED) is 0.541. The zero-order valence-electron chi connectivity index (χ0n) is 15.1. The molecule has 128 valence electrons. The summed E-state index contributed by atoms with van der Waals surface area (Å²) in [6, 6.07) is 23.2. The number of rotatable bonds is 6. The Bertz CT molecular complexity index is 818. The molecule has 3 rings (SSSR count). The van der Waals surface area contributed by atoms with E-state index < -0.39 is 0 Å². The lowest BCUT2D eigenvalue weighted by molar-refractivity contribution is 0.338. The number of hydrogen-bond acceptors (Lipinski definition) is 2. The Morgan fingerprint density at radius 2 is 1.08 bits per heavy atom. The van der Waals surface area contributed by atoms with Crippen LogP contribution in [0.5, 0.6) is 11.5 Å². The Morgan fingerprint density at radius 3 is 1.60 bits per heavy atom. The minimum Gasteiger partial charge on any atom is -0.494 e. The van der Waals surface area contributed by atoms with Gasteiger partial charge in [-0.05, 0) is 72.9 Å². The van der Waals surface area contributed by atoms with Gasteiger partial charge in [0.15, 0.2) is 0 Å². The second-order valence-electron chi connectivity index (χ2n) is 5.95. The van der Waals surface area contributed by atoms with Gasteiger partial charge < -0.3 is 9.47 Å². The molecule has 0 saturated heterocycles. The molecule has 0 aliphatic rings. The summed E-state index contributed by atoms with van der Waals surface area (Å²) in [6.45, 7) is 7.47. The van der Waals surface area contributed by atoms with E-state index in [0.29, 0.717) is 13.2 Å². The fourth-order valence-corrected chi connectivity index (χ4v) is 2.91. The average molecular weight is 332 g/mol. The van der Waals surface area contributed by atoms with Gasteiger partial charge in [-0.2, -0.15) is 0 Å². The van der Waals surface area contributed by atoms with E-state index in [1.54, 1.807) is 0 Å². The van der Waals surface area contributed by atoms with Crippen molar-refractivity contribution in [3.05, 3.63) is 72.3 Å². The monoisotopic (exact) mass is 332 g/mol. The average Bonchev–Trinajstić information content (AvgIpc) is 2.65. The first-order valence-electron chi connectivity index (χ1n) is 8.78. The smallest absolute Gasteiger partial charge is 0.122 e. The van der Waals surface area contributed by atoms with Gasteiger partial charge in [0.05, 0.1) is 13.2 Å². The first-order valence-corrected chi connectivity index (χ1v) is 8.78. The van der Waals surface area contributed by atoms with Gasteiger partial charge in [0.1, 0.15) is 11.5 Å². The van der Waals surface area contributed by atoms with Crippen molar-refractivity contribution in [3.8, 4) is 33.8 Å². The number of benzene rings is 3. The van der Waals surface area contributed by atoms with Crippen molar-refractivity contribution in [1.29, 1.82) is 0 Å². The fraction of sp³-hybridized carbons (Fsp3) is 0.217. The van der Waals surface area contributed by atoms with Gasteiger partial charge in [0.2, 0.25) is 0 Å². The number of hydrogen-bond donors (Lipinski definition) is 0. The van der Waals surface area contributed by atoms with Crippen LogP contribution in [0.15, 0.2) is 66.7 Å². The highest BCUT2D eigenvalue weighted by Crippen LogP contribution is 2.29. The Kier molecular flexibility index (Phi) is 5.39. The molecule has 0 saturated carbocycles. The molecule has 3 aromatic carbocycles. The van der Waals surface area contributed by atoms with Gasteiger partial charge in [-0.25, -0.2) is 0 Å². The molecule has 3 aromatic rings. The standard InChI is InChI=1S/C23H24O2/c1-4-24-22-13-10-19(11-14-22)18-6-8-20(9-7-18)21-12-15-23(25-5-2)17(3)16-21/h6-16H,4-5H2,1-3H3. The lowest BCUT2D eigenvalue weighted by Gasteiger charge is -2.10. The van der Waals surface area contributed by atoms with E-state index >= 15 is 0 Å². The van der Waals surface area contributed by atoms with Crippen molar-refractivity contribution in [2.45, 2.75) is 20.8 Å². The molecule has 0 aromatic heterocycles. The molecule has 0 radical (unpaired) electrons. The van der Waals surface area contributed by atoms with Crippen LogP contribution in [0.3, 0.4) is 0 Å². The van der Waals surface area contributed by atoms with Crippen molar-refractivity contribution < 1.29 is 9.47 Å². The molecule has 0 aliphatic carbocycles. The third kappa shape index (κ3) is 4.03. The molecule has 0 fully saturated rings. The van der Waals surface area contributed by atoms with Crippen molar-refractivity contribution in [1.82, 2.24) is 0 Å².